The van der Waals surface area contributed by atoms with Crippen LogP contribution in [-0.2, 0) is 4.79 Å². The van der Waals surface area contributed by atoms with Gasteiger partial charge in [0, 0.05) is 5.69 Å². The van der Waals surface area contributed by atoms with Crippen molar-refractivity contribution in [2.75, 3.05) is 11.6 Å². The summed E-state index contributed by atoms with van der Waals surface area (Å²) in [4.78, 5) is 16.1. The third-order valence-corrected chi connectivity index (χ3v) is 3.42. The number of amides is 1. The van der Waals surface area contributed by atoms with Crippen molar-refractivity contribution in [3.05, 3.63) is 23.0 Å². The number of nitrogens with zero attached hydrogens (tertiary/aromatic N) is 1. The Labute approximate surface area is 101 Å². The van der Waals surface area contributed by atoms with Gasteiger partial charge in [-0.2, -0.15) is 11.8 Å². The summed E-state index contributed by atoms with van der Waals surface area (Å²) >= 11 is 1.53. The van der Waals surface area contributed by atoms with Crippen molar-refractivity contribution >= 4 is 23.4 Å². The highest BCUT2D eigenvalue weighted by molar-refractivity contribution is 7.99. The van der Waals surface area contributed by atoms with Crippen LogP contribution in [-0.4, -0.2) is 22.4 Å². The molecule has 0 spiro atoms. The van der Waals surface area contributed by atoms with E-state index in [1.54, 1.807) is 0 Å². The molecule has 1 unspecified atom stereocenters. The highest BCUT2D eigenvalue weighted by Crippen LogP contribution is 2.20. The molecule has 0 radical (unpaired) electrons. The summed E-state index contributed by atoms with van der Waals surface area (Å²) in [5, 5.41) is 2.89. The molecule has 0 aliphatic heterocycles. The average Bonchev–Trinajstić information content (AvgIpc) is 2.21. The molecule has 1 heterocycles. The first-order valence-electron chi connectivity index (χ1n) is 5.24. The molecule has 4 heteroatoms. The monoisotopic (exact) mass is 238 g/mol. The number of carbonyl (C=O) groups excluding carboxylic acids is 1. The molecule has 0 saturated carbocycles. The normalized spacial score (nSPS) is 12.3. The first-order valence-corrected chi connectivity index (χ1v) is 6.53. The molecule has 88 valence electrons. The fourth-order valence-electron chi connectivity index (χ4n) is 1.54. The van der Waals surface area contributed by atoms with E-state index in [0.29, 0.717) is 0 Å². The maximum Gasteiger partial charge on any atom is 0.237 e. The average molecular weight is 238 g/mol. The lowest BCUT2D eigenvalue weighted by atomic mass is 10.1. The van der Waals surface area contributed by atoms with E-state index in [1.165, 1.54) is 11.8 Å². The number of nitrogens with one attached hydrogen (secondary N) is 1. The maximum atomic E-state index is 11.8. The molecule has 0 fully saturated rings. The molecule has 0 aliphatic carbocycles. The second kappa shape index (κ2) is 5.34. The van der Waals surface area contributed by atoms with Gasteiger partial charge in [0.1, 0.15) is 0 Å². The zero-order chi connectivity index (χ0) is 12.3. The molecular weight excluding hydrogens is 220 g/mol. The van der Waals surface area contributed by atoms with Crippen molar-refractivity contribution in [3.63, 3.8) is 0 Å². The van der Waals surface area contributed by atoms with E-state index in [4.69, 9.17) is 0 Å². The topological polar surface area (TPSA) is 42.0 Å². The highest BCUT2D eigenvalue weighted by atomic mass is 32.2. The molecule has 1 rings (SSSR count). The van der Waals surface area contributed by atoms with Gasteiger partial charge >= 0.3 is 0 Å². The van der Waals surface area contributed by atoms with Crippen molar-refractivity contribution in [1.29, 1.82) is 0 Å². The van der Waals surface area contributed by atoms with Gasteiger partial charge in [-0.15, -0.1) is 0 Å². The van der Waals surface area contributed by atoms with Crippen LogP contribution in [0.4, 0.5) is 5.69 Å². The smallest absolute Gasteiger partial charge is 0.237 e. The third kappa shape index (κ3) is 2.98. The van der Waals surface area contributed by atoms with Crippen LogP contribution in [0, 0.1) is 20.8 Å². The first kappa shape index (κ1) is 13.0. The Kier molecular flexibility index (Phi) is 4.35. The summed E-state index contributed by atoms with van der Waals surface area (Å²) < 4.78 is 0. The zero-order valence-electron chi connectivity index (χ0n) is 10.4. The quantitative estimate of drug-likeness (QED) is 0.880. The highest BCUT2D eigenvalue weighted by Gasteiger charge is 2.14. The number of hydrogen-bond donors (Lipinski definition) is 1. The van der Waals surface area contributed by atoms with E-state index in [-0.39, 0.29) is 11.2 Å². The molecular formula is C12H18N2OS. The van der Waals surface area contributed by atoms with Crippen molar-refractivity contribution in [2.24, 2.45) is 0 Å². The lowest BCUT2D eigenvalue weighted by Gasteiger charge is -2.14. The molecule has 3 nitrogen and oxygen atoms in total. The molecule has 1 aromatic rings. The molecule has 0 saturated heterocycles. The Bertz CT molecular complexity index is 381. The summed E-state index contributed by atoms with van der Waals surface area (Å²) in [5.41, 5.74) is 3.76. The number of hydrogen-bond acceptors (Lipinski definition) is 3. The molecule has 1 aromatic heterocycles. The van der Waals surface area contributed by atoms with Gasteiger partial charge in [-0.1, -0.05) is 0 Å². The van der Waals surface area contributed by atoms with Gasteiger partial charge in [-0.05, 0) is 45.6 Å². The number of rotatable bonds is 3. The molecule has 16 heavy (non-hydrogen) atoms. The van der Waals surface area contributed by atoms with E-state index in [9.17, 15) is 4.79 Å². The number of pyridine rings is 1. The lowest BCUT2D eigenvalue weighted by Crippen LogP contribution is -2.23. The van der Waals surface area contributed by atoms with Crippen LogP contribution < -0.4 is 5.32 Å². The van der Waals surface area contributed by atoms with Crippen LogP contribution in [0.25, 0.3) is 0 Å². The minimum absolute atomic E-state index is 0.0318. The Morgan fingerprint density at radius 2 is 2.06 bits per heavy atom. The van der Waals surface area contributed by atoms with Crippen molar-refractivity contribution < 1.29 is 4.79 Å². The van der Waals surface area contributed by atoms with Crippen LogP contribution in [0.2, 0.25) is 0 Å². The predicted molar refractivity (Wildman–Crippen MR) is 70.1 cm³/mol. The van der Waals surface area contributed by atoms with Gasteiger partial charge in [0.25, 0.3) is 0 Å². The fraction of sp³-hybridized carbons (Fsp3) is 0.500. The van der Waals surface area contributed by atoms with Crippen LogP contribution in [0.1, 0.15) is 23.9 Å². The van der Waals surface area contributed by atoms with Gasteiger partial charge in [-0.25, -0.2) is 0 Å². The number of aromatic nitrogens is 1. The summed E-state index contributed by atoms with van der Waals surface area (Å²) in [6.45, 7) is 7.75. The summed E-state index contributed by atoms with van der Waals surface area (Å²) in [6.07, 6.45) is 1.93. The van der Waals surface area contributed by atoms with Crippen molar-refractivity contribution in [2.45, 2.75) is 32.9 Å². The minimum atomic E-state index is -0.0416. The van der Waals surface area contributed by atoms with Crippen LogP contribution in [0.5, 0.6) is 0 Å². The molecule has 0 bridgehead atoms. The Balaban J connectivity index is 2.93. The number of anilines is 1. The lowest BCUT2D eigenvalue weighted by molar-refractivity contribution is -0.115. The largest absolute Gasteiger partial charge is 0.323 e. The van der Waals surface area contributed by atoms with Crippen LogP contribution >= 0.6 is 11.8 Å². The number of aryl methyl sites for hydroxylation is 3. The molecule has 1 N–H and O–H groups in total. The predicted octanol–water partition coefficient (Wildman–Crippen LogP) is 2.70. The second-order valence-corrected chi connectivity index (χ2v) is 5.09. The van der Waals surface area contributed by atoms with E-state index < -0.39 is 0 Å². The summed E-state index contributed by atoms with van der Waals surface area (Å²) in [7, 11) is 0. The van der Waals surface area contributed by atoms with E-state index >= 15 is 0 Å². The summed E-state index contributed by atoms with van der Waals surface area (Å²) in [5.74, 6) is 0.0318. The molecule has 0 aliphatic rings. The van der Waals surface area contributed by atoms with Crippen LogP contribution in [0.3, 0.4) is 0 Å². The fourth-order valence-corrected chi connectivity index (χ4v) is 1.82. The Morgan fingerprint density at radius 3 is 2.56 bits per heavy atom. The third-order valence-electron chi connectivity index (χ3n) is 2.50. The van der Waals surface area contributed by atoms with E-state index in [2.05, 4.69) is 10.3 Å². The standard InChI is InChI=1S/C12H18N2OS/c1-7-6-8(2)13-9(3)11(7)14-12(15)10(4)16-5/h6,10H,1-5H3,(H,14,15). The van der Waals surface area contributed by atoms with Gasteiger partial charge in [-0.3, -0.25) is 9.78 Å². The van der Waals surface area contributed by atoms with E-state index in [0.717, 1.165) is 22.6 Å². The van der Waals surface area contributed by atoms with Gasteiger partial charge in [0.2, 0.25) is 5.91 Å². The number of carbonyl (C=O) groups is 1. The zero-order valence-corrected chi connectivity index (χ0v) is 11.2. The number of thioether (sulfide) groups is 1. The molecule has 1 atom stereocenters. The van der Waals surface area contributed by atoms with Gasteiger partial charge in [0.05, 0.1) is 16.6 Å². The van der Waals surface area contributed by atoms with Crippen LogP contribution in [0.15, 0.2) is 6.07 Å². The van der Waals surface area contributed by atoms with Crippen molar-refractivity contribution in [3.8, 4) is 0 Å². The molecule has 0 aromatic carbocycles. The second-order valence-electron chi connectivity index (χ2n) is 3.91. The van der Waals surface area contributed by atoms with Gasteiger partial charge < -0.3 is 5.32 Å². The van der Waals surface area contributed by atoms with Crippen molar-refractivity contribution in [1.82, 2.24) is 4.98 Å². The van der Waals surface area contributed by atoms with Gasteiger partial charge in [0.15, 0.2) is 0 Å². The summed E-state index contributed by atoms with van der Waals surface area (Å²) in [6, 6.07) is 1.98. The maximum absolute atomic E-state index is 11.8. The molecule has 1 amide bonds. The SMILES string of the molecule is CSC(C)C(=O)Nc1c(C)cc(C)nc1C. The Morgan fingerprint density at radius 1 is 1.44 bits per heavy atom. The first-order chi connectivity index (χ1) is 7.45. The minimum Gasteiger partial charge on any atom is -0.323 e. The van der Waals surface area contributed by atoms with E-state index in [1.807, 2.05) is 40.0 Å². The Hall–Kier alpha value is -1.03.